The Morgan fingerprint density at radius 1 is 1.29 bits per heavy atom. The van der Waals surface area contributed by atoms with Gasteiger partial charge < -0.3 is 9.47 Å². The summed E-state index contributed by atoms with van der Waals surface area (Å²) < 4.78 is 33.1. The highest BCUT2D eigenvalue weighted by atomic mass is 32.2. The van der Waals surface area contributed by atoms with Gasteiger partial charge in [0.05, 0.1) is 36.7 Å². The number of ether oxygens (including phenoxy) is 2. The lowest BCUT2D eigenvalue weighted by Gasteiger charge is -2.19. The summed E-state index contributed by atoms with van der Waals surface area (Å²) in [4.78, 5) is 11.1. The van der Waals surface area contributed by atoms with E-state index in [2.05, 4.69) is 4.74 Å². The second-order valence-electron chi connectivity index (χ2n) is 5.00. The average Bonchev–Trinajstić information content (AvgIpc) is 2.13. The lowest BCUT2D eigenvalue weighted by atomic mass is 10.2. The predicted octanol–water partition coefficient (Wildman–Crippen LogP) is 1.03. The summed E-state index contributed by atoms with van der Waals surface area (Å²) in [6, 6.07) is 0. The molecule has 5 nitrogen and oxygen atoms in total. The fourth-order valence-electron chi connectivity index (χ4n) is 1.21. The van der Waals surface area contributed by atoms with Crippen LogP contribution in [-0.2, 0) is 24.1 Å². The van der Waals surface area contributed by atoms with Gasteiger partial charge in [0.2, 0.25) is 0 Å². The fourth-order valence-corrected chi connectivity index (χ4v) is 2.61. The molecule has 0 fully saturated rings. The molecule has 0 saturated heterocycles. The quantitative estimate of drug-likeness (QED) is 0.671. The maximum Gasteiger partial charge on any atom is 0.309 e. The molecule has 0 heterocycles. The molecule has 0 aliphatic rings. The molecule has 17 heavy (non-hydrogen) atoms. The van der Waals surface area contributed by atoms with Crippen molar-refractivity contribution in [1.82, 2.24) is 0 Å². The van der Waals surface area contributed by atoms with Crippen LogP contribution in [0.25, 0.3) is 0 Å². The van der Waals surface area contributed by atoms with Crippen molar-refractivity contribution in [2.45, 2.75) is 33.3 Å². The van der Waals surface area contributed by atoms with Crippen LogP contribution < -0.4 is 0 Å². The van der Waals surface area contributed by atoms with Crippen LogP contribution in [0.1, 0.15) is 27.7 Å². The first-order valence-corrected chi connectivity index (χ1v) is 7.32. The Balaban J connectivity index is 4.18. The normalized spacial score (nSPS) is 14.4. The molecule has 0 aliphatic carbocycles. The van der Waals surface area contributed by atoms with Crippen molar-refractivity contribution >= 4 is 15.8 Å². The summed E-state index contributed by atoms with van der Waals surface area (Å²) in [7, 11) is -2.04. The second-order valence-corrected chi connectivity index (χ2v) is 7.23. The van der Waals surface area contributed by atoms with E-state index in [1.807, 2.05) is 20.8 Å². The predicted molar refractivity (Wildman–Crippen MR) is 65.5 cm³/mol. The van der Waals surface area contributed by atoms with Gasteiger partial charge in [-0.3, -0.25) is 4.79 Å². The Morgan fingerprint density at radius 2 is 1.82 bits per heavy atom. The van der Waals surface area contributed by atoms with E-state index in [1.165, 1.54) is 14.0 Å². The number of methoxy groups -OCH3 is 1. The molecule has 0 amide bonds. The number of hydrogen-bond acceptors (Lipinski definition) is 5. The number of hydrogen-bond donors (Lipinski definition) is 0. The van der Waals surface area contributed by atoms with E-state index in [-0.39, 0.29) is 23.7 Å². The van der Waals surface area contributed by atoms with E-state index < -0.39 is 21.7 Å². The van der Waals surface area contributed by atoms with Gasteiger partial charge in [-0.2, -0.15) is 0 Å². The summed E-state index contributed by atoms with van der Waals surface area (Å²) in [5.74, 6) is -1.43. The van der Waals surface area contributed by atoms with Crippen molar-refractivity contribution in [1.29, 1.82) is 0 Å². The van der Waals surface area contributed by atoms with Crippen LogP contribution >= 0.6 is 0 Å². The molecule has 0 radical (unpaired) electrons. The van der Waals surface area contributed by atoms with E-state index in [4.69, 9.17) is 4.74 Å². The zero-order chi connectivity index (χ0) is 13.7. The maximum absolute atomic E-state index is 11.7. The first-order chi connectivity index (χ1) is 7.57. The highest BCUT2D eigenvalue weighted by Crippen LogP contribution is 2.08. The molecule has 1 unspecified atom stereocenters. The highest BCUT2D eigenvalue weighted by Gasteiger charge is 2.22. The molecule has 0 spiro atoms. The van der Waals surface area contributed by atoms with Gasteiger partial charge in [0.1, 0.15) is 0 Å². The molecule has 0 bridgehead atoms. The van der Waals surface area contributed by atoms with Gasteiger partial charge in [0.25, 0.3) is 0 Å². The van der Waals surface area contributed by atoms with Crippen molar-refractivity contribution < 1.29 is 22.7 Å². The van der Waals surface area contributed by atoms with Gasteiger partial charge in [0.15, 0.2) is 9.84 Å². The minimum absolute atomic E-state index is 0.0778. The molecule has 0 rings (SSSR count). The minimum Gasteiger partial charge on any atom is -0.469 e. The van der Waals surface area contributed by atoms with Crippen molar-refractivity contribution in [2.24, 2.45) is 5.92 Å². The van der Waals surface area contributed by atoms with Crippen LogP contribution in [0.4, 0.5) is 0 Å². The molecule has 6 heteroatoms. The summed E-state index contributed by atoms with van der Waals surface area (Å²) in [6.45, 7) is 7.25. The molecule has 0 N–H and O–H groups in total. The molecule has 0 aromatic rings. The molecule has 102 valence electrons. The van der Waals surface area contributed by atoms with Crippen LogP contribution in [-0.4, -0.2) is 45.2 Å². The molecule has 0 saturated carbocycles. The van der Waals surface area contributed by atoms with Crippen molar-refractivity contribution in [2.75, 3.05) is 25.2 Å². The summed E-state index contributed by atoms with van der Waals surface area (Å²) in [5.41, 5.74) is -0.358. The second kappa shape index (κ2) is 6.35. The molecule has 0 aromatic carbocycles. The van der Waals surface area contributed by atoms with Gasteiger partial charge in [0, 0.05) is 0 Å². The number of carbonyl (C=O) groups is 1. The molecule has 0 aliphatic heterocycles. The zero-order valence-corrected chi connectivity index (χ0v) is 12.0. The lowest BCUT2D eigenvalue weighted by molar-refractivity contribution is -0.144. The fraction of sp³-hybridized carbons (Fsp3) is 0.909. The third-order valence-corrected chi connectivity index (χ3v) is 3.83. The summed E-state index contributed by atoms with van der Waals surface area (Å²) >= 11 is 0. The first-order valence-electron chi connectivity index (χ1n) is 5.49. The Kier molecular flexibility index (Phi) is 6.12. The number of carbonyl (C=O) groups excluding carboxylic acids is 1. The van der Waals surface area contributed by atoms with Crippen LogP contribution in [0, 0.1) is 5.92 Å². The van der Waals surface area contributed by atoms with E-state index in [0.29, 0.717) is 0 Å². The average molecular weight is 266 g/mol. The number of sulfone groups is 1. The third-order valence-electron chi connectivity index (χ3n) is 2.04. The van der Waals surface area contributed by atoms with Crippen molar-refractivity contribution in [3.05, 3.63) is 0 Å². The van der Waals surface area contributed by atoms with E-state index >= 15 is 0 Å². The van der Waals surface area contributed by atoms with E-state index in [9.17, 15) is 13.2 Å². The number of esters is 1. The van der Waals surface area contributed by atoms with E-state index in [0.717, 1.165) is 0 Å². The van der Waals surface area contributed by atoms with Crippen LogP contribution in [0.2, 0.25) is 0 Å². The maximum atomic E-state index is 11.7. The van der Waals surface area contributed by atoms with Gasteiger partial charge in [-0.1, -0.05) is 6.92 Å². The highest BCUT2D eigenvalue weighted by molar-refractivity contribution is 7.91. The lowest BCUT2D eigenvalue weighted by Crippen LogP contribution is -2.28. The Bertz CT molecular complexity index is 339. The Hall–Kier alpha value is -0.620. The van der Waals surface area contributed by atoms with Crippen LogP contribution in [0.15, 0.2) is 0 Å². The van der Waals surface area contributed by atoms with Gasteiger partial charge >= 0.3 is 5.97 Å². The smallest absolute Gasteiger partial charge is 0.309 e. The summed E-state index contributed by atoms with van der Waals surface area (Å²) in [5, 5.41) is 0. The Labute approximate surface area is 103 Å². The molecule has 0 aromatic heterocycles. The minimum atomic E-state index is -3.28. The standard InChI is InChI=1S/C11H22O5S/c1-9(10(12)15-5)8-17(13,14)7-6-16-11(2,3)4/h9H,6-8H2,1-5H3. The van der Waals surface area contributed by atoms with Crippen LogP contribution in [0.5, 0.6) is 0 Å². The first kappa shape index (κ1) is 16.4. The monoisotopic (exact) mass is 266 g/mol. The molecule has 1 atom stereocenters. The van der Waals surface area contributed by atoms with E-state index in [1.54, 1.807) is 0 Å². The zero-order valence-electron chi connectivity index (χ0n) is 11.1. The topological polar surface area (TPSA) is 69.7 Å². The Morgan fingerprint density at radius 3 is 2.24 bits per heavy atom. The van der Waals surface area contributed by atoms with Crippen molar-refractivity contribution in [3.63, 3.8) is 0 Å². The third kappa shape index (κ3) is 8.15. The van der Waals surface area contributed by atoms with Crippen LogP contribution in [0.3, 0.4) is 0 Å². The molecular weight excluding hydrogens is 244 g/mol. The van der Waals surface area contributed by atoms with Gasteiger partial charge in [-0.05, 0) is 20.8 Å². The van der Waals surface area contributed by atoms with Gasteiger partial charge in [-0.15, -0.1) is 0 Å². The summed E-state index contributed by atoms with van der Waals surface area (Å²) in [6.07, 6.45) is 0. The molecular formula is C11H22O5S. The van der Waals surface area contributed by atoms with Crippen molar-refractivity contribution in [3.8, 4) is 0 Å². The SMILES string of the molecule is COC(=O)C(C)CS(=O)(=O)CCOC(C)(C)C. The number of rotatable bonds is 6. The largest absolute Gasteiger partial charge is 0.469 e. The van der Waals surface area contributed by atoms with Gasteiger partial charge in [-0.25, -0.2) is 8.42 Å².